The van der Waals surface area contributed by atoms with Gasteiger partial charge in [-0.05, 0) is 48.6 Å². The largest absolute Gasteiger partial charge is 0.326 e. The fraction of sp³-hybridized carbons (Fsp3) is 0.348. The van der Waals surface area contributed by atoms with Crippen LogP contribution in [-0.4, -0.2) is 15.5 Å². The maximum atomic E-state index is 11.9. The maximum Gasteiger partial charge on any atom is 0.226 e. The highest BCUT2D eigenvalue weighted by molar-refractivity contribution is 5.94. The zero-order chi connectivity index (χ0) is 19.8. The van der Waals surface area contributed by atoms with Crippen LogP contribution >= 0.6 is 0 Å². The molecule has 2 heterocycles. The van der Waals surface area contributed by atoms with Crippen molar-refractivity contribution < 1.29 is 4.79 Å². The van der Waals surface area contributed by atoms with Gasteiger partial charge in [-0.3, -0.25) is 4.79 Å². The molecule has 142 valence electrons. The van der Waals surface area contributed by atoms with Crippen LogP contribution in [0.2, 0.25) is 0 Å². The highest BCUT2D eigenvalue weighted by Crippen LogP contribution is 2.45. The van der Waals surface area contributed by atoms with Crippen molar-refractivity contribution in [3.63, 3.8) is 0 Å². The Labute approximate surface area is 165 Å². The average molecular weight is 372 g/mol. The van der Waals surface area contributed by atoms with E-state index in [1.165, 1.54) is 6.42 Å². The molecule has 1 amide bonds. The Morgan fingerprint density at radius 3 is 2.57 bits per heavy atom. The highest BCUT2D eigenvalue weighted by atomic mass is 16.1. The summed E-state index contributed by atoms with van der Waals surface area (Å²) in [5.74, 6) is 0.484. The predicted molar refractivity (Wildman–Crippen MR) is 111 cm³/mol. The molecule has 0 saturated heterocycles. The zero-order valence-electron chi connectivity index (χ0n) is 16.4. The van der Waals surface area contributed by atoms with E-state index in [2.05, 4.69) is 27.9 Å². The third-order valence-electron chi connectivity index (χ3n) is 5.73. The van der Waals surface area contributed by atoms with Crippen LogP contribution in [0.25, 0.3) is 22.3 Å². The minimum Gasteiger partial charge on any atom is -0.326 e. The second kappa shape index (κ2) is 7.12. The molecule has 1 aliphatic rings. The van der Waals surface area contributed by atoms with Crippen molar-refractivity contribution in [1.29, 1.82) is 5.26 Å². The molecule has 0 radical (unpaired) electrons. The van der Waals surface area contributed by atoms with Crippen LogP contribution in [0.5, 0.6) is 0 Å². The average Bonchev–Trinajstić information content (AvgIpc) is 3.01. The molecular formula is C23H24N4O. The number of rotatable bonds is 4. The number of carbonyl (C=O) groups is 1. The first-order valence-electron chi connectivity index (χ1n) is 9.81. The molecule has 1 N–H and O–H groups in total. The van der Waals surface area contributed by atoms with Gasteiger partial charge in [0.05, 0.1) is 11.3 Å². The summed E-state index contributed by atoms with van der Waals surface area (Å²) >= 11 is 0. The van der Waals surface area contributed by atoms with E-state index >= 15 is 0 Å². The first-order chi connectivity index (χ1) is 13.5. The molecule has 3 aromatic rings. The first kappa shape index (κ1) is 18.2. The quantitative estimate of drug-likeness (QED) is 0.689. The molecule has 4 rings (SSSR count). The molecular weight excluding hydrogens is 348 g/mol. The summed E-state index contributed by atoms with van der Waals surface area (Å²) in [6.07, 6.45) is 4.08. The van der Waals surface area contributed by atoms with Gasteiger partial charge in [-0.2, -0.15) is 5.26 Å². The SMILES string of the molecule is CC(C)C(=O)Nc1ccc(-c2c(C#N)c3cccnc3n2C2CCC2C)cc1. The molecule has 0 spiro atoms. The molecule has 0 bridgehead atoms. The number of nitrogens with zero attached hydrogens (tertiary/aromatic N) is 3. The van der Waals surface area contributed by atoms with Gasteiger partial charge in [-0.15, -0.1) is 0 Å². The molecule has 1 aliphatic carbocycles. The number of aromatic nitrogens is 2. The van der Waals surface area contributed by atoms with Crippen molar-refractivity contribution in [1.82, 2.24) is 9.55 Å². The number of pyridine rings is 1. The van der Waals surface area contributed by atoms with Crippen molar-refractivity contribution in [2.75, 3.05) is 5.32 Å². The summed E-state index contributed by atoms with van der Waals surface area (Å²) in [5.41, 5.74) is 4.20. The van der Waals surface area contributed by atoms with E-state index in [0.717, 1.165) is 34.4 Å². The molecule has 28 heavy (non-hydrogen) atoms. The summed E-state index contributed by atoms with van der Waals surface area (Å²) in [6.45, 7) is 5.99. The Hall–Kier alpha value is -3.13. The normalized spacial score (nSPS) is 18.7. The molecule has 1 fully saturated rings. The lowest BCUT2D eigenvalue weighted by Gasteiger charge is -2.36. The van der Waals surface area contributed by atoms with Crippen LogP contribution in [0, 0.1) is 23.2 Å². The number of hydrogen-bond acceptors (Lipinski definition) is 3. The van der Waals surface area contributed by atoms with E-state index in [0.29, 0.717) is 17.5 Å². The fourth-order valence-corrected chi connectivity index (χ4v) is 3.89. The fourth-order valence-electron chi connectivity index (χ4n) is 3.89. The molecule has 1 saturated carbocycles. The van der Waals surface area contributed by atoms with Crippen molar-refractivity contribution >= 4 is 22.6 Å². The number of nitrogens with one attached hydrogen (secondary N) is 1. The van der Waals surface area contributed by atoms with E-state index in [1.54, 1.807) is 6.20 Å². The standard InChI is InChI=1S/C23H24N4O/c1-14(2)23(28)26-17-9-7-16(8-10-17)21-19(13-24)18-5-4-12-25-22(18)27(21)20-11-6-15(20)3/h4-5,7-10,12,14-15,20H,6,11H2,1-3H3,(H,26,28). The number of fused-ring (bicyclic) bond motifs is 1. The number of anilines is 1. The monoisotopic (exact) mass is 372 g/mol. The van der Waals surface area contributed by atoms with Crippen molar-refractivity contribution in [2.45, 2.75) is 39.7 Å². The van der Waals surface area contributed by atoms with Gasteiger partial charge in [0.1, 0.15) is 11.7 Å². The number of amides is 1. The minimum atomic E-state index is -0.0708. The van der Waals surface area contributed by atoms with E-state index in [1.807, 2.05) is 50.2 Å². The Kier molecular flexibility index (Phi) is 4.64. The topological polar surface area (TPSA) is 70.7 Å². The second-order valence-corrected chi connectivity index (χ2v) is 7.92. The summed E-state index contributed by atoms with van der Waals surface area (Å²) in [6, 6.07) is 14.4. The Bertz CT molecular complexity index is 1070. The van der Waals surface area contributed by atoms with E-state index in [9.17, 15) is 10.1 Å². The predicted octanol–water partition coefficient (Wildman–Crippen LogP) is 5.14. The molecule has 2 atom stereocenters. The highest BCUT2D eigenvalue weighted by Gasteiger charge is 2.33. The Morgan fingerprint density at radius 2 is 2.00 bits per heavy atom. The van der Waals surface area contributed by atoms with Gasteiger partial charge in [-0.1, -0.05) is 32.9 Å². The summed E-state index contributed by atoms with van der Waals surface area (Å²) in [4.78, 5) is 16.5. The lowest BCUT2D eigenvalue weighted by Crippen LogP contribution is -2.27. The molecule has 1 aromatic carbocycles. The van der Waals surface area contributed by atoms with Gasteiger partial charge >= 0.3 is 0 Å². The zero-order valence-corrected chi connectivity index (χ0v) is 16.4. The van der Waals surface area contributed by atoms with Crippen LogP contribution in [0.4, 0.5) is 5.69 Å². The third kappa shape index (κ3) is 2.95. The maximum absolute atomic E-state index is 11.9. The Balaban J connectivity index is 1.83. The number of nitriles is 1. The van der Waals surface area contributed by atoms with Gasteiger partial charge in [0.25, 0.3) is 0 Å². The minimum absolute atomic E-state index is 0.00734. The number of hydrogen-bond donors (Lipinski definition) is 1. The van der Waals surface area contributed by atoms with Crippen LogP contribution in [0.15, 0.2) is 42.6 Å². The lowest BCUT2D eigenvalue weighted by molar-refractivity contribution is -0.118. The smallest absolute Gasteiger partial charge is 0.226 e. The molecule has 5 heteroatoms. The second-order valence-electron chi connectivity index (χ2n) is 7.92. The van der Waals surface area contributed by atoms with Crippen LogP contribution in [0.3, 0.4) is 0 Å². The number of carbonyl (C=O) groups excluding carboxylic acids is 1. The summed E-state index contributed by atoms with van der Waals surface area (Å²) in [7, 11) is 0. The van der Waals surface area contributed by atoms with E-state index in [4.69, 9.17) is 0 Å². The summed E-state index contributed by atoms with van der Waals surface area (Å²) in [5, 5.41) is 13.7. The third-order valence-corrected chi connectivity index (χ3v) is 5.73. The van der Waals surface area contributed by atoms with Gasteiger partial charge in [-0.25, -0.2) is 4.98 Å². The molecule has 2 aromatic heterocycles. The van der Waals surface area contributed by atoms with Gasteiger partial charge in [0.2, 0.25) is 5.91 Å². The van der Waals surface area contributed by atoms with Crippen LogP contribution in [-0.2, 0) is 4.79 Å². The van der Waals surface area contributed by atoms with Crippen molar-refractivity contribution in [3.8, 4) is 17.3 Å². The molecule has 2 unspecified atom stereocenters. The van der Waals surface area contributed by atoms with Crippen molar-refractivity contribution in [2.24, 2.45) is 11.8 Å². The van der Waals surface area contributed by atoms with E-state index < -0.39 is 0 Å². The Morgan fingerprint density at radius 1 is 1.25 bits per heavy atom. The van der Waals surface area contributed by atoms with E-state index in [-0.39, 0.29) is 11.8 Å². The number of benzene rings is 1. The van der Waals surface area contributed by atoms with Crippen LogP contribution < -0.4 is 5.32 Å². The first-order valence-corrected chi connectivity index (χ1v) is 9.81. The van der Waals surface area contributed by atoms with Gasteiger partial charge in [0.15, 0.2) is 0 Å². The van der Waals surface area contributed by atoms with Crippen LogP contribution in [0.1, 0.15) is 45.2 Å². The molecule has 5 nitrogen and oxygen atoms in total. The summed E-state index contributed by atoms with van der Waals surface area (Å²) < 4.78 is 2.25. The van der Waals surface area contributed by atoms with Gasteiger partial charge in [0, 0.05) is 29.2 Å². The van der Waals surface area contributed by atoms with Crippen molar-refractivity contribution in [3.05, 3.63) is 48.2 Å². The van der Waals surface area contributed by atoms with Gasteiger partial charge < -0.3 is 9.88 Å². The lowest BCUT2D eigenvalue weighted by atomic mass is 9.80. The molecule has 0 aliphatic heterocycles.